The molecular weight excluding hydrogens is 468 g/mol. The van der Waals surface area contributed by atoms with Crippen LogP contribution in [0.1, 0.15) is 11.1 Å². The second-order valence-corrected chi connectivity index (χ2v) is 9.73. The first-order valence-electron chi connectivity index (χ1n) is 10.3. The highest BCUT2D eigenvalue weighted by molar-refractivity contribution is 7.89. The van der Waals surface area contributed by atoms with Crippen LogP contribution in [0.2, 0.25) is 5.15 Å². The normalized spacial score (nSPS) is 14.8. The van der Waals surface area contributed by atoms with Crippen LogP contribution in [0.15, 0.2) is 53.4 Å². The molecule has 1 aliphatic rings. The minimum absolute atomic E-state index is 0.0129. The minimum Gasteiger partial charge on any atom is -0.495 e. The largest absolute Gasteiger partial charge is 0.495 e. The topological polar surface area (TPSA) is 95.0 Å². The summed E-state index contributed by atoms with van der Waals surface area (Å²) < 4.78 is 43.5. The van der Waals surface area contributed by atoms with Crippen LogP contribution in [0.25, 0.3) is 10.9 Å². The van der Waals surface area contributed by atoms with E-state index in [0.717, 1.165) is 10.9 Å². The summed E-state index contributed by atoms with van der Waals surface area (Å²) in [7, 11) is -2.39. The van der Waals surface area contributed by atoms with Gasteiger partial charge in [0.25, 0.3) is 0 Å². The van der Waals surface area contributed by atoms with E-state index in [2.05, 4.69) is 4.98 Å². The number of rotatable bonds is 7. The van der Waals surface area contributed by atoms with Crippen LogP contribution < -0.4 is 4.74 Å². The summed E-state index contributed by atoms with van der Waals surface area (Å²) >= 11 is 6.23. The predicted octanol–water partition coefficient (Wildman–Crippen LogP) is 3.20. The third kappa shape index (κ3) is 5.27. The Kier molecular flexibility index (Phi) is 7.14. The molecule has 1 saturated heterocycles. The first-order valence-corrected chi connectivity index (χ1v) is 12.1. The number of hydrogen-bond acceptors (Lipinski definition) is 7. The molecule has 4 rings (SSSR count). The molecule has 0 N–H and O–H groups in total. The fourth-order valence-corrected chi connectivity index (χ4v) is 5.39. The molecule has 0 atom stereocenters. The zero-order valence-corrected chi connectivity index (χ0v) is 19.6. The molecule has 3 aromatic rings. The van der Waals surface area contributed by atoms with Crippen LogP contribution in [0.5, 0.6) is 5.75 Å². The Labute approximate surface area is 197 Å². The van der Waals surface area contributed by atoms with E-state index in [1.165, 1.54) is 17.5 Å². The van der Waals surface area contributed by atoms with Gasteiger partial charge in [0.1, 0.15) is 22.4 Å². The van der Waals surface area contributed by atoms with Crippen LogP contribution in [0.4, 0.5) is 0 Å². The van der Waals surface area contributed by atoms with Gasteiger partial charge in [-0.05, 0) is 29.8 Å². The molecule has 174 valence electrons. The van der Waals surface area contributed by atoms with E-state index < -0.39 is 16.0 Å². The van der Waals surface area contributed by atoms with Crippen molar-refractivity contribution in [3.05, 3.63) is 64.8 Å². The average Bonchev–Trinajstić information content (AvgIpc) is 2.83. The van der Waals surface area contributed by atoms with E-state index in [9.17, 15) is 13.2 Å². The summed E-state index contributed by atoms with van der Waals surface area (Å²) in [6.07, 6.45) is -0.103. The van der Waals surface area contributed by atoms with Gasteiger partial charge in [0.15, 0.2) is 0 Å². The fraction of sp³-hybridized carbons (Fsp3) is 0.304. The monoisotopic (exact) mass is 490 g/mol. The molecule has 1 aliphatic heterocycles. The van der Waals surface area contributed by atoms with Gasteiger partial charge < -0.3 is 14.2 Å². The third-order valence-electron chi connectivity index (χ3n) is 5.30. The molecule has 8 nitrogen and oxygen atoms in total. The molecule has 0 spiro atoms. The van der Waals surface area contributed by atoms with Crippen molar-refractivity contribution >= 4 is 38.5 Å². The number of nitrogens with zero attached hydrogens (tertiary/aromatic N) is 2. The lowest BCUT2D eigenvalue weighted by atomic mass is 10.1. The smallest absolute Gasteiger partial charge is 0.310 e. The number of carbonyl (C=O) groups excluding carboxylic acids is 1. The maximum atomic E-state index is 13.1. The van der Waals surface area contributed by atoms with E-state index >= 15 is 0 Å². The number of aromatic nitrogens is 1. The van der Waals surface area contributed by atoms with Crippen molar-refractivity contribution in [3.63, 3.8) is 0 Å². The second-order valence-electron chi connectivity index (χ2n) is 7.47. The van der Waals surface area contributed by atoms with Crippen LogP contribution in [-0.2, 0) is 37.3 Å². The molecule has 10 heteroatoms. The van der Waals surface area contributed by atoms with Crippen molar-refractivity contribution in [2.45, 2.75) is 17.9 Å². The molecule has 0 unspecified atom stereocenters. The lowest BCUT2D eigenvalue weighted by molar-refractivity contribution is -0.144. The second kappa shape index (κ2) is 10.0. The molecule has 0 amide bonds. The zero-order valence-electron chi connectivity index (χ0n) is 18.0. The predicted molar refractivity (Wildman–Crippen MR) is 123 cm³/mol. The number of ether oxygens (including phenoxy) is 3. The molecule has 0 saturated carbocycles. The first kappa shape index (κ1) is 23.4. The van der Waals surface area contributed by atoms with Crippen LogP contribution in [0, 0.1) is 0 Å². The molecular formula is C23H23ClN2O6S. The van der Waals surface area contributed by atoms with Gasteiger partial charge in [-0.25, -0.2) is 13.4 Å². The molecule has 1 fully saturated rings. The Hall–Kier alpha value is -2.72. The highest BCUT2D eigenvalue weighted by Crippen LogP contribution is 2.29. The summed E-state index contributed by atoms with van der Waals surface area (Å²) in [4.78, 5) is 16.8. The lowest BCUT2D eigenvalue weighted by Crippen LogP contribution is -2.40. The molecule has 0 aliphatic carbocycles. The summed E-state index contributed by atoms with van der Waals surface area (Å²) in [6, 6.07) is 14.0. The molecule has 0 bridgehead atoms. The minimum atomic E-state index is -3.79. The number of benzene rings is 2. The number of morpholine rings is 1. The number of pyridine rings is 1. The van der Waals surface area contributed by atoms with Gasteiger partial charge >= 0.3 is 5.97 Å². The van der Waals surface area contributed by atoms with Gasteiger partial charge in [0.2, 0.25) is 10.0 Å². The number of fused-ring (bicyclic) bond motifs is 1. The van der Waals surface area contributed by atoms with E-state index in [0.29, 0.717) is 24.3 Å². The Morgan fingerprint density at radius 2 is 1.91 bits per heavy atom. The summed E-state index contributed by atoms with van der Waals surface area (Å²) in [5.41, 5.74) is 1.84. The van der Waals surface area contributed by atoms with Gasteiger partial charge in [-0.15, -0.1) is 0 Å². The number of methoxy groups -OCH3 is 1. The SMILES string of the molecule is COc1ccc(CC(=O)OCc2cc3ccccc3nc2Cl)cc1S(=O)(=O)N1CCOCC1. The van der Waals surface area contributed by atoms with E-state index in [1.54, 1.807) is 12.1 Å². The van der Waals surface area contributed by atoms with Crippen LogP contribution >= 0.6 is 11.6 Å². The number of halogens is 1. The lowest BCUT2D eigenvalue weighted by Gasteiger charge is -2.26. The standard InChI is InChI=1S/C23H23ClN2O6S/c1-30-20-7-6-16(12-21(20)33(28,29)26-8-10-31-11-9-26)13-22(27)32-15-18-14-17-4-2-3-5-19(17)25-23(18)24/h2-7,12,14H,8-11,13,15H2,1H3. The fourth-order valence-electron chi connectivity index (χ4n) is 3.57. The third-order valence-corrected chi connectivity index (χ3v) is 7.55. The highest BCUT2D eigenvalue weighted by atomic mass is 35.5. The molecule has 0 radical (unpaired) electrons. The number of hydrogen-bond donors (Lipinski definition) is 0. The Morgan fingerprint density at radius 3 is 2.67 bits per heavy atom. The van der Waals surface area contributed by atoms with Crippen LogP contribution in [0.3, 0.4) is 0 Å². The van der Waals surface area contributed by atoms with Gasteiger partial charge in [-0.2, -0.15) is 4.31 Å². The van der Waals surface area contributed by atoms with Crippen LogP contribution in [-0.4, -0.2) is 57.1 Å². The maximum Gasteiger partial charge on any atom is 0.310 e. The van der Waals surface area contributed by atoms with Crippen molar-refractivity contribution in [1.82, 2.24) is 9.29 Å². The maximum absolute atomic E-state index is 13.1. The first-order chi connectivity index (χ1) is 15.9. The van der Waals surface area contributed by atoms with E-state index in [-0.39, 0.29) is 41.9 Å². The number of esters is 1. The Balaban J connectivity index is 1.48. The van der Waals surface area contributed by atoms with Crippen molar-refractivity contribution in [1.29, 1.82) is 0 Å². The Morgan fingerprint density at radius 1 is 1.15 bits per heavy atom. The molecule has 33 heavy (non-hydrogen) atoms. The summed E-state index contributed by atoms with van der Waals surface area (Å²) in [5, 5.41) is 1.16. The van der Waals surface area contributed by atoms with Gasteiger partial charge in [-0.3, -0.25) is 4.79 Å². The molecule has 1 aromatic heterocycles. The van der Waals surface area contributed by atoms with E-state index in [1.807, 2.05) is 30.3 Å². The van der Waals surface area contributed by atoms with Crippen molar-refractivity contribution in [2.24, 2.45) is 0 Å². The van der Waals surface area contributed by atoms with Gasteiger partial charge in [-0.1, -0.05) is 35.9 Å². The highest BCUT2D eigenvalue weighted by Gasteiger charge is 2.29. The van der Waals surface area contributed by atoms with Gasteiger partial charge in [0.05, 0.1) is 32.3 Å². The quantitative estimate of drug-likeness (QED) is 0.370. The zero-order chi connectivity index (χ0) is 23.4. The summed E-state index contributed by atoms with van der Waals surface area (Å²) in [6.45, 7) is 1.15. The summed E-state index contributed by atoms with van der Waals surface area (Å²) in [5.74, 6) is -0.299. The van der Waals surface area contributed by atoms with E-state index in [4.69, 9.17) is 25.8 Å². The van der Waals surface area contributed by atoms with Crippen molar-refractivity contribution < 1.29 is 27.4 Å². The molecule has 2 aromatic carbocycles. The average molecular weight is 491 g/mol. The Bertz CT molecular complexity index is 1280. The molecule has 2 heterocycles. The number of para-hydroxylation sites is 1. The number of sulfonamides is 1. The van der Waals surface area contributed by atoms with Crippen molar-refractivity contribution in [3.8, 4) is 5.75 Å². The van der Waals surface area contributed by atoms with Gasteiger partial charge in [0, 0.05) is 24.0 Å². The number of carbonyl (C=O) groups is 1. The van der Waals surface area contributed by atoms with Crippen molar-refractivity contribution in [2.75, 3.05) is 33.4 Å².